The maximum absolute atomic E-state index is 12.5. The number of urea groups is 2. The van der Waals surface area contributed by atoms with Crippen LogP contribution in [0.2, 0.25) is 0 Å². The van der Waals surface area contributed by atoms with Crippen molar-refractivity contribution in [2.75, 3.05) is 79.9 Å². The molecule has 19 heteroatoms. The number of hydrogen-bond acceptors (Lipinski definition) is 9. The number of aromatic nitrogens is 4. The molecule has 0 unspecified atom stereocenters. The second kappa shape index (κ2) is 19.2. The predicted molar refractivity (Wildman–Crippen MR) is 246 cm³/mol. The Hall–Kier alpha value is -6.54. The van der Waals surface area contributed by atoms with Crippen molar-refractivity contribution >= 4 is 72.7 Å². The summed E-state index contributed by atoms with van der Waals surface area (Å²) in [6.45, 7) is 10.0. The summed E-state index contributed by atoms with van der Waals surface area (Å²) in [5.74, 6) is 0. The number of nitrogens with zero attached hydrogens (tertiary/aromatic N) is 8. The van der Waals surface area contributed by atoms with E-state index in [4.69, 9.17) is 5.11 Å². The van der Waals surface area contributed by atoms with Crippen LogP contribution in [0.25, 0.3) is 21.8 Å². The number of benzene rings is 2. The zero-order valence-electron chi connectivity index (χ0n) is 36.1. The highest BCUT2D eigenvalue weighted by molar-refractivity contribution is 7.88. The Bertz CT molecular complexity index is 2700. The molecule has 2 aliphatic heterocycles. The van der Waals surface area contributed by atoms with E-state index < -0.39 is 16.1 Å². The molecule has 5 amide bonds. The van der Waals surface area contributed by atoms with E-state index in [9.17, 15) is 22.8 Å². The van der Waals surface area contributed by atoms with E-state index in [0.29, 0.717) is 70.3 Å². The molecule has 2 aromatic carbocycles. The number of pyridine rings is 2. The van der Waals surface area contributed by atoms with Crippen LogP contribution in [0.4, 0.5) is 37.1 Å². The van der Waals surface area contributed by atoms with Crippen molar-refractivity contribution in [3.05, 3.63) is 108 Å². The Morgan fingerprint density at radius 3 is 1.43 bits per heavy atom. The lowest BCUT2D eigenvalue weighted by Gasteiger charge is -2.33. The molecule has 0 aliphatic carbocycles. The van der Waals surface area contributed by atoms with Gasteiger partial charge in [-0.25, -0.2) is 22.8 Å². The van der Waals surface area contributed by atoms with Gasteiger partial charge >= 0.3 is 18.2 Å². The SMILES string of the molecule is Cc1ccc(NC(=O)Nc2cccc3cc(CN4CCN(C(=O)O)CC4)n(C)c23)cn1.Cc1ccc(NC(=O)Nc2cccc3cc(CN4CCN(S(C)(=O)=O)CC4)n(C)c23)cn1. The van der Waals surface area contributed by atoms with Gasteiger partial charge in [-0.2, -0.15) is 4.31 Å². The van der Waals surface area contributed by atoms with Gasteiger partial charge in [0.1, 0.15) is 0 Å². The van der Waals surface area contributed by atoms with Crippen LogP contribution in [0.3, 0.4) is 0 Å². The van der Waals surface area contributed by atoms with Gasteiger partial charge in [-0.15, -0.1) is 0 Å². The van der Waals surface area contributed by atoms with Gasteiger partial charge in [0.15, 0.2) is 0 Å². The number of sulfonamides is 1. The van der Waals surface area contributed by atoms with E-state index in [0.717, 1.165) is 62.5 Å². The maximum Gasteiger partial charge on any atom is 0.407 e. The fourth-order valence-electron chi connectivity index (χ4n) is 7.88. The van der Waals surface area contributed by atoms with E-state index in [1.807, 2.05) is 88.6 Å². The number of carboxylic acid groups (broad SMARTS) is 1. The molecular formula is C44H54N12O6S. The third-order valence-electron chi connectivity index (χ3n) is 11.4. The summed E-state index contributed by atoms with van der Waals surface area (Å²) < 4.78 is 29.2. The number of aryl methyl sites for hydroxylation is 4. The van der Waals surface area contributed by atoms with Crippen LogP contribution < -0.4 is 21.3 Å². The van der Waals surface area contributed by atoms with Gasteiger partial charge in [-0.05, 0) is 62.4 Å². The minimum Gasteiger partial charge on any atom is -0.465 e. The molecular weight excluding hydrogens is 825 g/mol. The Labute approximate surface area is 366 Å². The summed E-state index contributed by atoms with van der Waals surface area (Å²) >= 11 is 0. The predicted octanol–water partition coefficient (Wildman–Crippen LogP) is 5.92. The number of nitrogens with one attached hydrogen (secondary N) is 4. The number of rotatable bonds is 9. The largest absolute Gasteiger partial charge is 0.465 e. The van der Waals surface area contributed by atoms with Crippen LogP contribution in [-0.2, 0) is 37.2 Å². The first-order chi connectivity index (χ1) is 30.1. The van der Waals surface area contributed by atoms with Gasteiger partial charge in [0.25, 0.3) is 0 Å². The lowest BCUT2D eigenvalue weighted by Crippen LogP contribution is -2.47. The van der Waals surface area contributed by atoms with E-state index in [1.165, 1.54) is 15.5 Å². The quantitative estimate of drug-likeness (QED) is 0.116. The van der Waals surface area contributed by atoms with Crippen LogP contribution in [0.1, 0.15) is 22.8 Å². The molecule has 0 bridgehead atoms. The molecule has 0 radical (unpaired) electrons. The van der Waals surface area contributed by atoms with Gasteiger partial charge in [-0.1, -0.05) is 24.3 Å². The van der Waals surface area contributed by atoms with Crippen LogP contribution in [-0.4, -0.2) is 128 Å². The standard InChI is InChI=1S/C22H28N6O3S.C22H26N6O3/c1-16-7-8-18(14-23-16)24-22(29)25-20-6-4-5-17-13-19(26(2)21(17)20)15-27-9-11-28(12-10-27)32(3,30)31;1-15-6-7-17(13-23-15)24-21(29)25-19-5-3-4-16-12-18(26(2)20(16)19)14-27-8-10-28(11-9-27)22(30)31/h4-8,13-14H,9-12,15H2,1-3H3,(H2,24,25,29);3-7,12-13H,8-11,14H2,1-2H3,(H,30,31)(H2,24,25,29). The van der Waals surface area contributed by atoms with Crippen molar-refractivity contribution in [1.29, 1.82) is 0 Å². The number of carbonyl (C=O) groups excluding carboxylic acids is 2. The smallest absolute Gasteiger partial charge is 0.407 e. The van der Waals surface area contributed by atoms with Crippen molar-refractivity contribution in [2.45, 2.75) is 26.9 Å². The molecule has 63 heavy (non-hydrogen) atoms. The van der Waals surface area contributed by atoms with Crippen molar-refractivity contribution in [2.24, 2.45) is 14.1 Å². The van der Waals surface area contributed by atoms with Crippen molar-refractivity contribution < 1.29 is 27.9 Å². The summed E-state index contributed by atoms with van der Waals surface area (Å²) in [7, 11) is 0.826. The Kier molecular flexibility index (Phi) is 13.6. The highest BCUT2D eigenvalue weighted by atomic mass is 32.2. The van der Waals surface area contributed by atoms with Crippen molar-refractivity contribution in [1.82, 2.24) is 38.1 Å². The van der Waals surface area contributed by atoms with Crippen LogP contribution >= 0.6 is 0 Å². The van der Waals surface area contributed by atoms with E-state index in [-0.39, 0.29) is 12.1 Å². The van der Waals surface area contributed by atoms with E-state index in [1.54, 1.807) is 12.4 Å². The first kappa shape index (κ1) is 44.5. The minimum atomic E-state index is -3.14. The molecule has 4 aromatic heterocycles. The fraction of sp³-hybridized carbons (Fsp3) is 0.341. The molecule has 5 N–H and O–H groups in total. The first-order valence-electron chi connectivity index (χ1n) is 20.6. The van der Waals surface area contributed by atoms with Crippen molar-refractivity contribution in [3.8, 4) is 0 Å². The number of amides is 5. The summed E-state index contributed by atoms with van der Waals surface area (Å²) in [4.78, 5) is 50.5. The van der Waals surface area contributed by atoms with E-state index in [2.05, 4.69) is 62.3 Å². The number of piperazine rings is 2. The summed E-state index contributed by atoms with van der Waals surface area (Å²) in [6.07, 6.45) is 3.64. The normalized spacial score (nSPS) is 15.2. The van der Waals surface area contributed by atoms with Gasteiger partial charge in [-0.3, -0.25) is 19.8 Å². The van der Waals surface area contributed by atoms with Gasteiger partial charge in [0.2, 0.25) is 10.0 Å². The summed E-state index contributed by atoms with van der Waals surface area (Å²) in [5, 5.41) is 22.7. The maximum atomic E-state index is 12.5. The summed E-state index contributed by atoms with van der Waals surface area (Å²) in [5.41, 5.74) is 8.56. The third kappa shape index (κ3) is 11.1. The van der Waals surface area contributed by atoms with Gasteiger partial charge < -0.3 is 40.4 Å². The van der Waals surface area contributed by atoms with Crippen LogP contribution in [0, 0.1) is 13.8 Å². The Balaban J connectivity index is 0.000000189. The highest BCUT2D eigenvalue weighted by Gasteiger charge is 2.25. The molecule has 2 fully saturated rings. The molecule has 6 heterocycles. The molecule has 8 rings (SSSR count). The average Bonchev–Trinajstić information content (AvgIpc) is 3.74. The van der Waals surface area contributed by atoms with Gasteiger partial charge in [0.05, 0.1) is 52.4 Å². The lowest BCUT2D eigenvalue weighted by atomic mass is 10.2. The molecule has 18 nitrogen and oxygen atoms in total. The van der Waals surface area contributed by atoms with Crippen LogP contribution in [0.5, 0.6) is 0 Å². The molecule has 0 atom stereocenters. The monoisotopic (exact) mass is 878 g/mol. The highest BCUT2D eigenvalue weighted by Crippen LogP contribution is 2.29. The number of anilines is 4. The molecule has 2 aliphatic rings. The lowest BCUT2D eigenvalue weighted by molar-refractivity contribution is 0.102. The second-order valence-electron chi connectivity index (χ2n) is 15.9. The molecule has 332 valence electrons. The molecule has 0 spiro atoms. The second-order valence-corrected chi connectivity index (χ2v) is 17.9. The number of hydrogen-bond donors (Lipinski definition) is 5. The number of carbonyl (C=O) groups is 3. The Morgan fingerprint density at radius 1 is 0.619 bits per heavy atom. The molecule has 2 saturated heterocycles. The fourth-order valence-corrected chi connectivity index (χ4v) is 8.70. The first-order valence-corrected chi connectivity index (χ1v) is 22.5. The van der Waals surface area contributed by atoms with Crippen molar-refractivity contribution in [3.63, 3.8) is 0 Å². The zero-order chi connectivity index (χ0) is 44.8. The molecule has 0 saturated carbocycles. The zero-order valence-corrected chi connectivity index (χ0v) is 36.9. The minimum absolute atomic E-state index is 0.328. The van der Waals surface area contributed by atoms with E-state index >= 15 is 0 Å². The average molecular weight is 879 g/mol. The summed E-state index contributed by atoms with van der Waals surface area (Å²) in [6, 6.07) is 22.5. The Morgan fingerprint density at radius 2 is 1.05 bits per heavy atom. The third-order valence-corrected chi connectivity index (χ3v) is 12.7. The molecule has 6 aromatic rings. The van der Waals surface area contributed by atoms with Crippen LogP contribution in [0.15, 0.2) is 85.2 Å². The van der Waals surface area contributed by atoms with Gasteiger partial charge in [0, 0.05) is 113 Å². The topological polar surface area (TPSA) is 202 Å². The number of para-hydroxylation sites is 2. The number of fused-ring (bicyclic) bond motifs is 2.